The first-order chi connectivity index (χ1) is 4.84. The summed E-state index contributed by atoms with van der Waals surface area (Å²) < 4.78 is 0. The van der Waals surface area contributed by atoms with Crippen LogP contribution < -0.4 is 12.4 Å². The van der Waals surface area contributed by atoms with Gasteiger partial charge >= 0.3 is 23.1 Å². The monoisotopic (exact) mass is 192 g/mol. The smallest absolute Gasteiger partial charge is 1.00 e. The summed E-state index contributed by atoms with van der Waals surface area (Å²) in [5.41, 5.74) is 1.34. The van der Waals surface area contributed by atoms with Gasteiger partial charge in [-0.3, -0.25) is 0 Å². The Labute approximate surface area is 97.3 Å². The summed E-state index contributed by atoms with van der Waals surface area (Å²) in [4.78, 5) is 0. The van der Waals surface area contributed by atoms with Crippen molar-refractivity contribution < 1.29 is 12.4 Å². The van der Waals surface area contributed by atoms with Crippen LogP contribution in [-0.2, 0) is 0 Å². The molecule has 12 heavy (non-hydrogen) atoms. The van der Waals surface area contributed by atoms with Crippen molar-refractivity contribution in [2.75, 3.05) is 0 Å². The van der Waals surface area contributed by atoms with Gasteiger partial charge in [0.05, 0.1) is 0 Å². The van der Waals surface area contributed by atoms with Gasteiger partial charge in [0.25, 0.3) is 0 Å². The fourth-order valence-electron chi connectivity index (χ4n) is 0.961. The van der Waals surface area contributed by atoms with E-state index in [4.69, 9.17) is 0 Å². The zero-order valence-electron chi connectivity index (χ0n) is 7.46. The summed E-state index contributed by atoms with van der Waals surface area (Å²) >= 11 is 0. The van der Waals surface area contributed by atoms with Crippen molar-refractivity contribution in [3.05, 3.63) is 42.8 Å². The summed E-state index contributed by atoms with van der Waals surface area (Å²) in [6.07, 6.45) is 1.12. The molecule has 0 fully saturated rings. The third-order valence-corrected chi connectivity index (χ3v) is 1.76. The summed E-state index contributed by atoms with van der Waals surface area (Å²) in [5, 5.41) is 0. The van der Waals surface area contributed by atoms with E-state index < -0.39 is 0 Å². The van der Waals surface area contributed by atoms with Crippen LogP contribution in [0.2, 0.25) is 0 Å². The zero-order valence-corrected chi connectivity index (χ0v) is 9.63. The fourth-order valence-corrected chi connectivity index (χ4v) is 0.961. The van der Waals surface area contributed by atoms with Crippen LogP contribution in [0.4, 0.5) is 0 Å². The number of benzene rings is 1. The van der Waals surface area contributed by atoms with Crippen LogP contribution in [0.1, 0.15) is 24.8 Å². The molecule has 0 bridgehead atoms. The molecule has 1 unspecified atom stereocenters. The minimum atomic E-state index is 0. The first kappa shape index (κ1) is 14.8. The molecule has 0 N–H and O–H groups in total. The van der Waals surface area contributed by atoms with Crippen molar-refractivity contribution in [2.24, 2.45) is 0 Å². The zero-order chi connectivity index (χ0) is 7.40. The molecule has 0 amide bonds. The second-order valence-corrected chi connectivity index (χ2v) is 2.52. The van der Waals surface area contributed by atoms with Gasteiger partial charge in [-0.25, -0.2) is 0 Å². The van der Waals surface area contributed by atoms with Gasteiger partial charge < -0.3 is 19.3 Å². The quantitative estimate of drug-likeness (QED) is 0.444. The minimum absolute atomic E-state index is 0. The van der Waals surface area contributed by atoms with Gasteiger partial charge in [-0.05, 0) is 0 Å². The summed E-state index contributed by atoms with van der Waals surface area (Å²) in [7, 11) is 0. The molecule has 0 spiro atoms. The van der Waals surface area contributed by atoms with Crippen LogP contribution in [-0.4, -0.2) is 23.1 Å². The van der Waals surface area contributed by atoms with E-state index in [0.29, 0.717) is 5.92 Å². The Bertz CT molecular complexity index is 186. The Kier molecular flexibility index (Phi) is 9.73. The normalized spacial score (nSPS) is 10.8. The molecule has 0 nitrogen and oxygen atoms in total. The molecular weight excluding hydrogens is 180 g/mol. The van der Waals surface area contributed by atoms with Crippen LogP contribution in [0.5, 0.6) is 0 Å². The topological polar surface area (TPSA) is 0 Å². The van der Waals surface area contributed by atoms with Crippen molar-refractivity contribution in [1.82, 2.24) is 0 Å². The van der Waals surface area contributed by atoms with Gasteiger partial charge in [-0.1, -0.05) is 49.2 Å². The van der Waals surface area contributed by atoms with Gasteiger partial charge in [0, 0.05) is 0 Å². The van der Waals surface area contributed by atoms with Crippen LogP contribution in [0.25, 0.3) is 0 Å². The van der Waals surface area contributed by atoms with Crippen molar-refractivity contribution in [2.45, 2.75) is 19.3 Å². The molecule has 0 radical (unpaired) electrons. The Morgan fingerprint density at radius 3 is 2.17 bits per heavy atom. The van der Waals surface area contributed by atoms with E-state index in [2.05, 4.69) is 38.1 Å². The van der Waals surface area contributed by atoms with Crippen molar-refractivity contribution >= 4 is 23.1 Å². The Morgan fingerprint density at radius 2 is 1.75 bits per heavy atom. The third kappa shape index (κ3) is 4.34. The summed E-state index contributed by atoms with van der Waals surface area (Å²) in [6.45, 7) is 6.18. The Morgan fingerprint density at radius 1 is 1.25 bits per heavy atom. The second-order valence-electron chi connectivity index (χ2n) is 2.52. The van der Waals surface area contributed by atoms with Gasteiger partial charge in [-0.15, -0.1) is 5.92 Å². The van der Waals surface area contributed by atoms with Gasteiger partial charge in [0.15, 0.2) is 0 Å². The maximum atomic E-state index is 4.03. The number of hydrogen-bond donors (Lipinski definition) is 0. The van der Waals surface area contributed by atoms with Crippen molar-refractivity contribution in [3.63, 3.8) is 0 Å². The number of hydrogen-bond acceptors (Lipinski definition) is 0. The number of rotatable bonds is 2. The predicted octanol–water partition coefficient (Wildman–Crippen LogP) is -0.363. The van der Waals surface area contributed by atoms with E-state index >= 15 is 0 Å². The van der Waals surface area contributed by atoms with Crippen LogP contribution in [0, 0.1) is 6.92 Å². The molecular formula is C10H13ClMg. The predicted molar refractivity (Wildman–Crippen MR) is 50.6 cm³/mol. The molecule has 1 aromatic carbocycles. The van der Waals surface area contributed by atoms with Gasteiger partial charge in [0.1, 0.15) is 0 Å². The van der Waals surface area contributed by atoms with E-state index in [1.807, 2.05) is 6.07 Å². The van der Waals surface area contributed by atoms with E-state index in [-0.39, 0.29) is 35.5 Å². The van der Waals surface area contributed by atoms with Gasteiger partial charge in [-0.2, -0.15) is 0 Å². The van der Waals surface area contributed by atoms with Crippen molar-refractivity contribution in [3.8, 4) is 0 Å². The average molecular weight is 193 g/mol. The maximum Gasteiger partial charge on any atom is 2.00 e. The molecule has 1 rings (SSSR count). The van der Waals surface area contributed by atoms with Crippen LogP contribution in [0.3, 0.4) is 0 Å². The van der Waals surface area contributed by atoms with E-state index in [1.165, 1.54) is 5.56 Å². The largest absolute Gasteiger partial charge is 2.00 e. The molecule has 0 aliphatic carbocycles. The molecule has 0 aromatic heterocycles. The molecule has 1 atom stereocenters. The fraction of sp³-hybridized carbons (Fsp3) is 0.300. The summed E-state index contributed by atoms with van der Waals surface area (Å²) in [5.74, 6) is 0.459. The minimum Gasteiger partial charge on any atom is -1.00 e. The molecule has 0 saturated carbocycles. The summed E-state index contributed by atoms with van der Waals surface area (Å²) in [6, 6.07) is 10.4. The first-order valence-electron chi connectivity index (χ1n) is 3.72. The second kappa shape index (κ2) is 7.90. The van der Waals surface area contributed by atoms with Gasteiger partial charge in [0.2, 0.25) is 0 Å². The molecule has 0 saturated heterocycles. The van der Waals surface area contributed by atoms with Crippen molar-refractivity contribution in [1.29, 1.82) is 0 Å². The van der Waals surface area contributed by atoms with Crippen LogP contribution >= 0.6 is 0 Å². The molecule has 2 heteroatoms. The molecule has 62 valence electrons. The molecule has 0 aliphatic heterocycles. The SMILES string of the molecule is [CH2-]C(CC)c1ccccc1.[Cl-].[Mg+2]. The first-order valence-corrected chi connectivity index (χ1v) is 3.72. The van der Waals surface area contributed by atoms with E-state index in [1.54, 1.807) is 0 Å². The Hall–Kier alpha value is 0.276. The van der Waals surface area contributed by atoms with Crippen LogP contribution in [0.15, 0.2) is 30.3 Å². The Balaban J connectivity index is 0. The van der Waals surface area contributed by atoms with E-state index in [9.17, 15) is 0 Å². The number of halogens is 1. The molecule has 0 aliphatic rings. The standard InChI is InChI=1S/C10H13.ClH.Mg/c1-3-9(2)10-7-5-4-6-8-10;;/h4-9H,2-3H2,1H3;1H;/q-1;;+2/p-1. The average Bonchev–Trinajstić information content (AvgIpc) is 2.05. The third-order valence-electron chi connectivity index (χ3n) is 1.76. The molecule has 1 aromatic rings. The maximum absolute atomic E-state index is 4.03. The molecule has 0 heterocycles. The van der Waals surface area contributed by atoms with E-state index in [0.717, 1.165) is 6.42 Å².